The summed E-state index contributed by atoms with van der Waals surface area (Å²) in [7, 11) is -3.77. The van der Waals surface area contributed by atoms with E-state index >= 15 is 0 Å². The number of carbonyl (C=O) groups is 2. The van der Waals surface area contributed by atoms with Crippen molar-refractivity contribution in [3.63, 3.8) is 0 Å². The number of aryl methyl sites for hydroxylation is 1. The van der Waals surface area contributed by atoms with Crippen LogP contribution in [0.3, 0.4) is 0 Å². The van der Waals surface area contributed by atoms with Gasteiger partial charge in [-0.2, -0.15) is 0 Å². The molecule has 180 valence electrons. The van der Waals surface area contributed by atoms with E-state index in [0.29, 0.717) is 10.7 Å². The molecule has 0 spiro atoms. The third kappa shape index (κ3) is 8.05. The maximum atomic E-state index is 13.5. The van der Waals surface area contributed by atoms with Crippen molar-refractivity contribution in [1.29, 1.82) is 0 Å². The van der Waals surface area contributed by atoms with E-state index in [1.807, 2.05) is 52.0 Å². The fourth-order valence-electron chi connectivity index (χ4n) is 3.28. The van der Waals surface area contributed by atoms with Gasteiger partial charge in [-0.05, 0) is 64.4 Å². The molecule has 1 atom stereocenters. The van der Waals surface area contributed by atoms with Crippen molar-refractivity contribution in [3.8, 4) is 0 Å². The van der Waals surface area contributed by atoms with Crippen LogP contribution in [-0.4, -0.2) is 49.5 Å². The van der Waals surface area contributed by atoms with Crippen LogP contribution in [0.5, 0.6) is 0 Å². The Morgan fingerprint density at radius 1 is 1.09 bits per heavy atom. The van der Waals surface area contributed by atoms with Crippen molar-refractivity contribution >= 4 is 39.1 Å². The minimum absolute atomic E-state index is 0.164. The lowest BCUT2D eigenvalue weighted by Crippen LogP contribution is -2.54. The van der Waals surface area contributed by atoms with Crippen LogP contribution in [0, 0.1) is 6.92 Å². The Balaban J connectivity index is 2.39. The molecule has 0 bridgehead atoms. The molecule has 0 aliphatic carbocycles. The largest absolute Gasteiger partial charge is 0.350 e. The Labute approximate surface area is 201 Å². The van der Waals surface area contributed by atoms with Crippen molar-refractivity contribution in [2.24, 2.45) is 0 Å². The summed E-state index contributed by atoms with van der Waals surface area (Å²) in [6, 6.07) is 13.0. The maximum absolute atomic E-state index is 13.5. The van der Waals surface area contributed by atoms with Gasteiger partial charge < -0.3 is 10.2 Å². The molecule has 1 N–H and O–H groups in total. The van der Waals surface area contributed by atoms with Crippen LogP contribution in [0.25, 0.3) is 0 Å². The molecule has 2 amide bonds. The molecular formula is C24H32ClN3O4S. The van der Waals surface area contributed by atoms with Crippen molar-refractivity contribution in [2.75, 3.05) is 17.1 Å². The molecule has 0 aliphatic heterocycles. The van der Waals surface area contributed by atoms with E-state index in [1.54, 1.807) is 19.1 Å². The first-order chi connectivity index (χ1) is 15.2. The van der Waals surface area contributed by atoms with E-state index in [0.717, 1.165) is 21.7 Å². The number of amides is 2. The van der Waals surface area contributed by atoms with Crippen molar-refractivity contribution < 1.29 is 18.0 Å². The summed E-state index contributed by atoms with van der Waals surface area (Å²) in [5.74, 6) is -0.811. The molecule has 2 aromatic carbocycles. The lowest BCUT2D eigenvalue weighted by molar-refractivity contribution is -0.140. The molecule has 0 aromatic heterocycles. The van der Waals surface area contributed by atoms with E-state index in [2.05, 4.69) is 5.32 Å². The summed E-state index contributed by atoms with van der Waals surface area (Å²) in [6.45, 7) is 8.87. The number of nitrogens with zero attached hydrogens (tertiary/aromatic N) is 2. The highest BCUT2D eigenvalue weighted by atomic mass is 35.5. The van der Waals surface area contributed by atoms with Crippen LogP contribution < -0.4 is 9.62 Å². The fourth-order valence-corrected chi connectivity index (χ4v) is 4.26. The minimum atomic E-state index is -3.77. The van der Waals surface area contributed by atoms with Crippen LogP contribution in [-0.2, 0) is 26.2 Å². The molecule has 9 heteroatoms. The second-order valence-corrected chi connectivity index (χ2v) is 11.5. The summed E-state index contributed by atoms with van der Waals surface area (Å²) in [5, 5.41) is 3.34. The SMILES string of the molecule is Cc1cccc(CN(C(=O)CN(c2ccc(Cl)cc2)S(C)(=O)=O)[C@@H](C)C(=O)NC(C)(C)C)c1. The molecule has 0 radical (unpaired) electrons. The monoisotopic (exact) mass is 493 g/mol. The van der Waals surface area contributed by atoms with Crippen molar-refractivity contribution in [2.45, 2.75) is 52.7 Å². The molecule has 0 saturated carbocycles. The first kappa shape index (κ1) is 26.7. The number of benzene rings is 2. The first-order valence-corrected chi connectivity index (χ1v) is 12.8. The van der Waals surface area contributed by atoms with Gasteiger partial charge in [0, 0.05) is 17.1 Å². The lowest BCUT2D eigenvalue weighted by Gasteiger charge is -2.33. The summed E-state index contributed by atoms with van der Waals surface area (Å²) >= 11 is 5.93. The molecular weight excluding hydrogens is 462 g/mol. The van der Waals surface area contributed by atoms with Crippen LogP contribution >= 0.6 is 11.6 Å². The molecule has 2 rings (SSSR count). The summed E-state index contributed by atoms with van der Waals surface area (Å²) in [4.78, 5) is 27.8. The Hall–Kier alpha value is -2.58. The second kappa shape index (κ2) is 10.6. The standard InChI is InChI=1S/C24H32ClN3O4S/c1-17-8-7-9-19(14-17)15-27(18(2)23(30)26-24(3,4)5)22(29)16-28(33(6,31)32)21-12-10-20(25)11-13-21/h7-14,18H,15-16H2,1-6H3,(H,26,30)/t18-/m0/s1. The van der Waals surface area contributed by atoms with Crippen LogP contribution in [0.2, 0.25) is 5.02 Å². The Morgan fingerprint density at radius 3 is 2.21 bits per heavy atom. The second-order valence-electron chi connectivity index (χ2n) is 9.17. The number of sulfonamides is 1. The highest BCUT2D eigenvalue weighted by Crippen LogP contribution is 2.21. The van der Waals surface area contributed by atoms with Gasteiger partial charge in [0.15, 0.2) is 0 Å². The van der Waals surface area contributed by atoms with Crippen LogP contribution in [0.15, 0.2) is 48.5 Å². The summed E-state index contributed by atoms with van der Waals surface area (Å²) in [6.07, 6.45) is 1.04. The molecule has 2 aromatic rings. The van der Waals surface area contributed by atoms with Gasteiger partial charge in [-0.15, -0.1) is 0 Å². The quantitative estimate of drug-likeness (QED) is 0.606. The average molecular weight is 494 g/mol. The zero-order valence-electron chi connectivity index (χ0n) is 19.9. The smallest absolute Gasteiger partial charge is 0.244 e. The van der Waals surface area contributed by atoms with Gasteiger partial charge in [0.05, 0.1) is 11.9 Å². The van der Waals surface area contributed by atoms with Crippen LogP contribution in [0.1, 0.15) is 38.8 Å². The van der Waals surface area contributed by atoms with Gasteiger partial charge in [0.1, 0.15) is 12.6 Å². The number of halogens is 1. The van der Waals surface area contributed by atoms with Crippen molar-refractivity contribution in [3.05, 3.63) is 64.7 Å². The molecule has 33 heavy (non-hydrogen) atoms. The highest BCUT2D eigenvalue weighted by molar-refractivity contribution is 7.92. The predicted molar refractivity (Wildman–Crippen MR) is 133 cm³/mol. The van der Waals surface area contributed by atoms with Gasteiger partial charge in [-0.25, -0.2) is 8.42 Å². The topological polar surface area (TPSA) is 86.8 Å². The fraction of sp³-hybridized carbons (Fsp3) is 0.417. The third-order valence-electron chi connectivity index (χ3n) is 4.89. The number of anilines is 1. The number of carbonyl (C=O) groups excluding carboxylic acids is 2. The average Bonchev–Trinajstić information content (AvgIpc) is 2.68. The van der Waals surface area contributed by atoms with Gasteiger partial charge in [-0.1, -0.05) is 41.4 Å². The first-order valence-electron chi connectivity index (χ1n) is 10.6. The van der Waals surface area contributed by atoms with E-state index in [9.17, 15) is 18.0 Å². The summed E-state index contributed by atoms with van der Waals surface area (Å²) < 4.78 is 26.0. The zero-order chi connectivity index (χ0) is 25.0. The Kier molecular flexibility index (Phi) is 8.54. The maximum Gasteiger partial charge on any atom is 0.244 e. The molecule has 0 unspecified atom stereocenters. The zero-order valence-corrected chi connectivity index (χ0v) is 21.5. The van der Waals surface area contributed by atoms with Gasteiger partial charge >= 0.3 is 0 Å². The molecule has 0 fully saturated rings. The molecule has 0 aliphatic rings. The predicted octanol–water partition coefficient (Wildman–Crippen LogP) is 3.75. The Bertz CT molecular complexity index is 1100. The van der Waals surface area contributed by atoms with Gasteiger partial charge in [-0.3, -0.25) is 13.9 Å². The van der Waals surface area contributed by atoms with E-state index < -0.39 is 34.1 Å². The van der Waals surface area contributed by atoms with E-state index in [4.69, 9.17) is 11.6 Å². The van der Waals surface area contributed by atoms with Gasteiger partial charge in [0.2, 0.25) is 21.8 Å². The van der Waals surface area contributed by atoms with E-state index in [-0.39, 0.29) is 12.5 Å². The minimum Gasteiger partial charge on any atom is -0.350 e. The van der Waals surface area contributed by atoms with Gasteiger partial charge in [0.25, 0.3) is 0 Å². The molecule has 0 saturated heterocycles. The normalized spacial score (nSPS) is 12.7. The number of rotatable bonds is 8. The summed E-state index contributed by atoms with van der Waals surface area (Å²) in [5.41, 5.74) is 1.70. The Morgan fingerprint density at radius 2 is 1.70 bits per heavy atom. The number of hydrogen-bond donors (Lipinski definition) is 1. The van der Waals surface area contributed by atoms with E-state index in [1.165, 1.54) is 17.0 Å². The number of hydrogen-bond acceptors (Lipinski definition) is 4. The highest BCUT2D eigenvalue weighted by Gasteiger charge is 2.31. The molecule has 7 nitrogen and oxygen atoms in total. The third-order valence-corrected chi connectivity index (χ3v) is 6.29. The van der Waals surface area contributed by atoms with Crippen LogP contribution in [0.4, 0.5) is 5.69 Å². The molecule has 0 heterocycles. The number of nitrogens with one attached hydrogen (secondary N) is 1. The lowest BCUT2D eigenvalue weighted by atomic mass is 10.1. The van der Waals surface area contributed by atoms with Crippen molar-refractivity contribution in [1.82, 2.24) is 10.2 Å².